The van der Waals surface area contributed by atoms with Crippen molar-refractivity contribution in [1.82, 2.24) is 0 Å². The number of carbonyl (C=O) groups excluding carboxylic acids is 2. The molecule has 5 nitrogen and oxygen atoms in total. The smallest absolute Gasteiger partial charge is 0.338 e. The molecule has 0 fully saturated rings. The zero-order valence-electron chi connectivity index (χ0n) is 15.0. The first-order valence-corrected chi connectivity index (χ1v) is 9.05. The first kappa shape index (κ1) is 19.3. The van der Waals surface area contributed by atoms with Crippen LogP contribution in [0, 0.1) is 13.8 Å². The molecule has 0 atom stereocenters. The van der Waals surface area contributed by atoms with E-state index in [-0.39, 0.29) is 22.2 Å². The predicted octanol–water partition coefficient (Wildman–Crippen LogP) is 5.79. The third-order valence-electron chi connectivity index (χ3n) is 4.23. The second-order valence-corrected chi connectivity index (χ2v) is 6.77. The highest BCUT2D eigenvalue weighted by Gasteiger charge is 2.20. The van der Waals surface area contributed by atoms with Crippen LogP contribution in [0.25, 0.3) is 11.0 Å². The van der Waals surface area contributed by atoms with E-state index in [1.807, 2.05) is 13.8 Å². The van der Waals surface area contributed by atoms with Gasteiger partial charge < -0.3 is 14.5 Å². The molecule has 0 spiro atoms. The maximum atomic E-state index is 12.8. The number of fused-ring (bicyclic) bond motifs is 1. The number of furan rings is 1. The molecule has 1 amide bonds. The van der Waals surface area contributed by atoms with Crippen LogP contribution in [-0.4, -0.2) is 18.5 Å². The Bertz CT molecular complexity index is 1040. The Morgan fingerprint density at radius 1 is 1.15 bits per heavy atom. The van der Waals surface area contributed by atoms with Gasteiger partial charge in [-0.2, -0.15) is 0 Å². The molecule has 1 heterocycles. The van der Waals surface area contributed by atoms with Gasteiger partial charge in [-0.1, -0.05) is 29.3 Å². The Hall–Kier alpha value is -2.50. The van der Waals surface area contributed by atoms with Crippen molar-refractivity contribution in [3.63, 3.8) is 0 Å². The maximum Gasteiger partial charge on any atom is 0.338 e. The van der Waals surface area contributed by atoms with Crippen LogP contribution in [0.4, 0.5) is 5.69 Å². The molecule has 3 rings (SSSR count). The summed E-state index contributed by atoms with van der Waals surface area (Å²) in [7, 11) is 0. The summed E-state index contributed by atoms with van der Waals surface area (Å²) in [6.45, 7) is 5.67. The van der Waals surface area contributed by atoms with Crippen LogP contribution in [0.15, 0.2) is 34.7 Å². The lowest BCUT2D eigenvalue weighted by Crippen LogP contribution is -2.14. The lowest BCUT2D eigenvalue weighted by Gasteiger charge is -2.10. The summed E-state index contributed by atoms with van der Waals surface area (Å²) in [5, 5.41) is 3.93. The number of halogens is 2. The van der Waals surface area contributed by atoms with E-state index >= 15 is 0 Å². The highest BCUT2D eigenvalue weighted by molar-refractivity contribution is 6.40. The normalized spacial score (nSPS) is 10.9. The number of nitrogens with one attached hydrogen (secondary N) is 1. The van der Waals surface area contributed by atoms with Gasteiger partial charge in [-0.05, 0) is 50.6 Å². The van der Waals surface area contributed by atoms with Crippen LogP contribution in [-0.2, 0) is 4.74 Å². The molecular formula is C20H17Cl2NO4. The number of benzene rings is 2. The van der Waals surface area contributed by atoms with E-state index in [1.54, 1.807) is 31.2 Å². The number of ether oxygens (including phenoxy) is 1. The van der Waals surface area contributed by atoms with Crippen LogP contribution < -0.4 is 5.32 Å². The summed E-state index contributed by atoms with van der Waals surface area (Å²) in [4.78, 5) is 25.0. The molecule has 0 saturated carbocycles. The second-order valence-electron chi connectivity index (χ2n) is 5.95. The summed E-state index contributed by atoms with van der Waals surface area (Å²) in [5.74, 6) is -0.291. The van der Waals surface area contributed by atoms with Gasteiger partial charge in [0.15, 0.2) is 5.58 Å². The van der Waals surface area contributed by atoms with Gasteiger partial charge in [-0.3, -0.25) is 4.79 Å². The largest absolute Gasteiger partial charge is 0.462 e. The summed E-state index contributed by atoms with van der Waals surface area (Å²) in [6.07, 6.45) is 0. The number of carbonyl (C=O) groups is 2. The number of hydrogen-bond donors (Lipinski definition) is 1. The van der Waals surface area contributed by atoms with Crippen molar-refractivity contribution in [3.8, 4) is 0 Å². The molecule has 1 N–H and O–H groups in total. The molecule has 0 saturated heterocycles. The van der Waals surface area contributed by atoms with E-state index in [2.05, 4.69) is 5.32 Å². The van der Waals surface area contributed by atoms with Crippen molar-refractivity contribution in [3.05, 3.63) is 62.8 Å². The minimum absolute atomic E-state index is 0.149. The van der Waals surface area contributed by atoms with Gasteiger partial charge in [0.05, 0.1) is 33.5 Å². The minimum Gasteiger partial charge on any atom is -0.462 e. The van der Waals surface area contributed by atoms with E-state index < -0.39 is 11.9 Å². The average molecular weight is 406 g/mol. The molecule has 0 unspecified atom stereocenters. The van der Waals surface area contributed by atoms with Gasteiger partial charge in [-0.15, -0.1) is 0 Å². The van der Waals surface area contributed by atoms with E-state index in [0.717, 1.165) is 10.9 Å². The Morgan fingerprint density at radius 3 is 2.44 bits per heavy atom. The molecule has 2 aromatic carbocycles. The number of amides is 1. The quantitative estimate of drug-likeness (QED) is 0.558. The van der Waals surface area contributed by atoms with Crippen LogP contribution >= 0.6 is 23.2 Å². The van der Waals surface area contributed by atoms with Crippen molar-refractivity contribution in [2.45, 2.75) is 20.8 Å². The molecule has 7 heteroatoms. The van der Waals surface area contributed by atoms with E-state index in [1.165, 1.54) is 6.07 Å². The first-order chi connectivity index (χ1) is 12.8. The number of esters is 1. The molecule has 0 aliphatic carbocycles. The van der Waals surface area contributed by atoms with Gasteiger partial charge in [0.2, 0.25) is 0 Å². The molecule has 3 aromatic rings. The van der Waals surface area contributed by atoms with E-state index in [4.69, 9.17) is 32.4 Å². The third kappa shape index (κ3) is 3.66. The third-order valence-corrected chi connectivity index (χ3v) is 4.86. The SMILES string of the molecule is CCOC(=O)c1cc(NC(=O)c2c(Cl)cccc2Cl)c2oc(C)c(C)c2c1. The molecule has 27 heavy (non-hydrogen) atoms. The van der Waals surface area contributed by atoms with E-state index in [9.17, 15) is 9.59 Å². The zero-order chi connectivity index (χ0) is 19.7. The highest BCUT2D eigenvalue weighted by atomic mass is 35.5. The molecule has 0 bridgehead atoms. The van der Waals surface area contributed by atoms with Gasteiger partial charge in [0.25, 0.3) is 5.91 Å². The van der Waals surface area contributed by atoms with Crippen LogP contribution in [0.1, 0.15) is 39.0 Å². The molecule has 0 aliphatic heterocycles. The lowest BCUT2D eigenvalue weighted by atomic mass is 10.1. The van der Waals surface area contributed by atoms with Crippen LogP contribution in [0.3, 0.4) is 0 Å². The Kier molecular flexibility index (Phi) is 5.44. The summed E-state index contributed by atoms with van der Waals surface area (Å²) in [5.41, 5.74) is 2.15. The van der Waals surface area contributed by atoms with Crippen molar-refractivity contribution < 1.29 is 18.7 Å². The van der Waals surface area contributed by atoms with Gasteiger partial charge >= 0.3 is 5.97 Å². The zero-order valence-corrected chi connectivity index (χ0v) is 16.5. The van der Waals surface area contributed by atoms with Crippen LogP contribution in [0.5, 0.6) is 0 Å². The fourth-order valence-corrected chi connectivity index (χ4v) is 3.33. The summed E-state index contributed by atoms with van der Waals surface area (Å²) in [6, 6.07) is 8.02. The van der Waals surface area contributed by atoms with Crippen LogP contribution in [0.2, 0.25) is 10.0 Å². The average Bonchev–Trinajstić information content (AvgIpc) is 2.90. The Labute approximate surface area is 166 Å². The van der Waals surface area contributed by atoms with E-state index in [0.29, 0.717) is 22.6 Å². The highest BCUT2D eigenvalue weighted by Crippen LogP contribution is 2.33. The van der Waals surface area contributed by atoms with Crippen molar-refractivity contribution in [2.75, 3.05) is 11.9 Å². The standard InChI is InChI=1S/C20H17Cl2NO4/c1-4-26-20(25)12-8-13-10(2)11(3)27-18(13)16(9-12)23-19(24)17-14(21)6-5-7-15(17)22/h5-9H,4H2,1-3H3,(H,23,24). The van der Waals surface area contributed by atoms with Crippen molar-refractivity contribution in [1.29, 1.82) is 0 Å². The van der Waals surface area contributed by atoms with Crippen molar-refractivity contribution >= 4 is 51.7 Å². The monoisotopic (exact) mass is 405 g/mol. The molecule has 0 aliphatic rings. The Balaban J connectivity index is 2.11. The molecule has 0 radical (unpaired) electrons. The van der Waals surface area contributed by atoms with Gasteiger partial charge in [0, 0.05) is 5.39 Å². The number of aryl methyl sites for hydroxylation is 2. The summed E-state index contributed by atoms with van der Waals surface area (Å²) >= 11 is 12.2. The topological polar surface area (TPSA) is 68.5 Å². The fourth-order valence-electron chi connectivity index (χ4n) is 2.76. The predicted molar refractivity (Wildman–Crippen MR) is 106 cm³/mol. The second kappa shape index (κ2) is 7.62. The minimum atomic E-state index is -0.500. The summed E-state index contributed by atoms with van der Waals surface area (Å²) < 4.78 is 10.9. The molecular weight excluding hydrogens is 389 g/mol. The van der Waals surface area contributed by atoms with Gasteiger partial charge in [0.1, 0.15) is 5.76 Å². The van der Waals surface area contributed by atoms with Gasteiger partial charge in [-0.25, -0.2) is 4.79 Å². The first-order valence-electron chi connectivity index (χ1n) is 8.29. The lowest BCUT2D eigenvalue weighted by molar-refractivity contribution is 0.0526. The molecule has 140 valence electrons. The number of hydrogen-bond acceptors (Lipinski definition) is 4. The fraction of sp³-hybridized carbons (Fsp3) is 0.200. The van der Waals surface area contributed by atoms with Crippen molar-refractivity contribution in [2.24, 2.45) is 0 Å². The maximum absolute atomic E-state index is 12.8. The number of rotatable bonds is 4. The molecule has 1 aromatic heterocycles. The Morgan fingerprint density at radius 2 is 1.81 bits per heavy atom. The number of anilines is 1.